The largest absolute Gasteiger partial charge is 0.493 e. The van der Waals surface area contributed by atoms with Crippen LogP contribution in [0.1, 0.15) is 30.0 Å². The van der Waals surface area contributed by atoms with Crippen molar-refractivity contribution < 1.29 is 19.0 Å². The maximum absolute atomic E-state index is 11.9. The lowest BCUT2D eigenvalue weighted by atomic mass is 10.1. The summed E-state index contributed by atoms with van der Waals surface area (Å²) in [5, 5.41) is 3.01. The summed E-state index contributed by atoms with van der Waals surface area (Å²) < 4.78 is 17.9. The number of benzene rings is 2. The monoisotopic (exact) mass is 477 g/mol. The molecule has 8 heteroatoms. The van der Waals surface area contributed by atoms with Gasteiger partial charge in [-0.15, -0.1) is 0 Å². The molecule has 0 saturated carbocycles. The molecule has 1 heterocycles. The van der Waals surface area contributed by atoms with Crippen molar-refractivity contribution in [3.05, 3.63) is 56.9 Å². The van der Waals surface area contributed by atoms with Crippen LogP contribution >= 0.6 is 35.6 Å². The van der Waals surface area contributed by atoms with Gasteiger partial charge in [0.05, 0.1) is 29.7 Å². The molecule has 0 bridgehead atoms. The van der Waals surface area contributed by atoms with E-state index in [2.05, 4.69) is 19.2 Å². The molecule has 1 fully saturated rings. The van der Waals surface area contributed by atoms with E-state index in [4.69, 9.17) is 38.0 Å². The summed E-state index contributed by atoms with van der Waals surface area (Å²) in [5.74, 6) is 1.65. The summed E-state index contributed by atoms with van der Waals surface area (Å²) in [4.78, 5) is 12.4. The number of thioether (sulfide) groups is 1. The van der Waals surface area contributed by atoms with Gasteiger partial charge in [-0.25, -0.2) is 0 Å². The van der Waals surface area contributed by atoms with Crippen molar-refractivity contribution in [2.75, 3.05) is 19.8 Å². The molecular weight excluding hydrogens is 454 g/mol. The standard InChI is InChI=1S/C23H24ClNO4S2/c1-4-27-19-12-16(13-20-22(26)25-23(30)31-20)11-18(24)21(19)29-9-5-8-28-17-7-6-14(2)15(3)10-17/h6-7,10-13H,4-5,8-9H2,1-3H3,(H,25,26,30)/b20-13-. The first-order valence-electron chi connectivity index (χ1n) is 9.91. The molecule has 0 aliphatic carbocycles. The normalized spacial score (nSPS) is 14.6. The van der Waals surface area contributed by atoms with Crippen LogP contribution in [0.3, 0.4) is 0 Å². The van der Waals surface area contributed by atoms with Gasteiger partial charge in [0.1, 0.15) is 10.1 Å². The number of hydrogen-bond acceptors (Lipinski definition) is 6. The van der Waals surface area contributed by atoms with E-state index in [1.165, 1.54) is 22.9 Å². The highest BCUT2D eigenvalue weighted by Crippen LogP contribution is 2.38. The molecule has 31 heavy (non-hydrogen) atoms. The Balaban J connectivity index is 1.62. The summed E-state index contributed by atoms with van der Waals surface area (Å²) in [5.41, 5.74) is 3.18. The lowest BCUT2D eigenvalue weighted by Gasteiger charge is -2.15. The number of rotatable bonds is 9. The fourth-order valence-electron chi connectivity index (χ4n) is 2.87. The van der Waals surface area contributed by atoms with Gasteiger partial charge in [-0.2, -0.15) is 0 Å². The van der Waals surface area contributed by atoms with Crippen LogP contribution in [0, 0.1) is 13.8 Å². The van der Waals surface area contributed by atoms with Gasteiger partial charge in [-0.05, 0) is 67.8 Å². The predicted octanol–water partition coefficient (Wildman–Crippen LogP) is 5.69. The second kappa shape index (κ2) is 10.9. The molecule has 1 saturated heterocycles. The van der Waals surface area contributed by atoms with Gasteiger partial charge >= 0.3 is 0 Å². The molecule has 0 atom stereocenters. The molecule has 1 N–H and O–H groups in total. The van der Waals surface area contributed by atoms with Gasteiger partial charge in [-0.3, -0.25) is 4.79 Å². The smallest absolute Gasteiger partial charge is 0.263 e. The molecule has 0 radical (unpaired) electrons. The van der Waals surface area contributed by atoms with E-state index in [1.54, 1.807) is 18.2 Å². The minimum atomic E-state index is -0.215. The molecule has 0 aromatic heterocycles. The number of carbonyl (C=O) groups is 1. The van der Waals surface area contributed by atoms with Crippen LogP contribution in [0.4, 0.5) is 0 Å². The molecule has 5 nitrogen and oxygen atoms in total. The zero-order chi connectivity index (χ0) is 22.4. The maximum atomic E-state index is 11.9. The first kappa shape index (κ1) is 23.4. The Morgan fingerprint density at radius 1 is 1.10 bits per heavy atom. The number of amides is 1. The van der Waals surface area contributed by atoms with Gasteiger partial charge in [0, 0.05) is 6.42 Å². The van der Waals surface area contributed by atoms with E-state index >= 15 is 0 Å². The minimum absolute atomic E-state index is 0.215. The fraction of sp³-hybridized carbons (Fsp3) is 0.304. The Bertz CT molecular complexity index is 1020. The molecule has 0 spiro atoms. The van der Waals surface area contributed by atoms with Crippen molar-refractivity contribution in [2.45, 2.75) is 27.2 Å². The van der Waals surface area contributed by atoms with E-state index in [1.807, 2.05) is 25.1 Å². The number of halogens is 1. The van der Waals surface area contributed by atoms with E-state index in [0.717, 1.165) is 11.3 Å². The van der Waals surface area contributed by atoms with Gasteiger partial charge in [0.2, 0.25) is 0 Å². The Morgan fingerprint density at radius 2 is 1.87 bits per heavy atom. The van der Waals surface area contributed by atoms with E-state index in [-0.39, 0.29) is 5.91 Å². The number of hydrogen-bond donors (Lipinski definition) is 1. The molecule has 3 rings (SSSR count). The van der Waals surface area contributed by atoms with Gasteiger partial charge in [0.25, 0.3) is 5.91 Å². The van der Waals surface area contributed by atoms with Crippen LogP contribution < -0.4 is 19.5 Å². The topological polar surface area (TPSA) is 56.8 Å². The van der Waals surface area contributed by atoms with Crippen LogP contribution in [-0.4, -0.2) is 30.0 Å². The molecule has 1 amide bonds. The number of aryl methyl sites for hydroxylation is 2. The molecule has 0 unspecified atom stereocenters. The van der Waals surface area contributed by atoms with Crippen LogP contribution in [0.25, 0.3) is 6.08 Å². The Kier molecular flexibility index (Phi) is 8.23. The van der Waals surface area contributed by atoms with Crippen molar-refractivity contribution in [3.8, 4) is 17.2 Å². The summed E-state index contributed by atoms with van der Waals surface area (Å²) in [7, 11) is 0. The van der Waals surface area contributed by atoms with Gasteiger partial charge in [0.15, 0.2) is 11.5 Å². The molecule has 1 aliphatic rings. The van der Waals surface area contributed by atoms with E-state index < -0.39 is 0 Å². The second-order valence-corrected chi connectivity index (χ2v) is 9.04. The van der Waals surface area contributed by atoms with Crippen molar-refractivity contribution in [1.82, 2.24) is 5.32 Å². The zero-order valence-electron chi connectivity index (χ0n) is 17.6. The predicted molar refractivity (Wildman–Crippen MR) is 130 cm³/mol. The highest BCUT2D eigenvalue weighted by Gasteiger charge is 2.22. The molecule has 2 aromatic carbocycles. The minimum Gasteiger partial charge on any atom is -0.493 e. The SMILES string of the molecule is CCOc1cc(/C=C2\SC(=S)NC2=O)cc(Cl)c1OCCCOc1ccc(C)c(C)c1. The third-order valence-corrected chi connectivity index (χ3v) is 6.00. The molecule has 164 valence electrons. The second-order valence-electron chi connectivity index (χ2n) is 6.91. The third-order valence-electron chi connectivity index (χ3n) is 4.55. The van der Waals surface area contributed by atoms with Crippen LogP contribution in [-0.2, 0) is 4.79 Å². The highest BCUT2D eigenvalue weighted by atomic mass is 35.5. The van der Waals surface area contributed by atoms with Crippen molar-refractivity contribution in [3.63, 3.8) is 0 Å². The number of ether oxygens (including phenoxy) is 3. The highest BCUT2D eigenvalue weighted by molar-refractivity contribution is 8.26. The Hall–Kier alpha value is -2.22. The average molecular weight is 478 g/mol. The molecule has 2 aromatic rings. The number of carbonyl (C=O) groups excluding carboxylic acids is 1. The summed E-state index contributed by atoms with van der Waals surface area (Å²) in [6.45, 7) is 7.44. The first-order chi connectivity index (χ1) is 14.9. The summed E-state index contributed by atoms with van der Waals surface area (Å²) in [6, 6.07) is 9.60. The van der Waals surface area contributed by atoms with Crippen molar-refractivity contribution in [2.24, 2.45) is 0 Å². The Morgan fingerprint density at radius 3 is 2.55 bits per heavy atom. The summed E-state index contributed by atoms with van der Waals surface area (Å²) in [6.07, 6.45) is 2.42. The van der Waals surface area contributed by atoms with E-state index in [0.29, 0.717) is 52.0 Å². The van der Waals surface area contributed by atoms with Gasteiger partial charge in [-0.1, -0.05) is 41.6 Å². The maximum Gasteiger partial charge on any atom is 0.263 e. The quantitative estimate of drug-likeness (QED) is 0.284. The lowest BCUT2D eigenvalue weighted by molar-refractivity contribution is -0.115. The molecular formula is C23H24ClNO4S2. The summed E-state index contributed by atoms with van der Waals surface area (Å²) >= 11 is 12.7. The Labute approximate surface area is 197 Å². The van der Waals surface area contributed by atoms with Crippen molar-refractivity contribution in [1.29, 1.82) is 0 Å². The molecule has 1 aliphatic heterocycles. The number of thiocarbonyl (C=S) groups is 1. The van der Waals surface area contributed by atoms with E-state index in [9.17, 15) is 4.79 Å². The van der Waals surface area contributed by atoms with Crippen LogP contribution in [0.5, 0.6) is 17.2 Å². The van der Waals surface area contributed by atoms with Crippen molar-refractivity contribution >= 4 is 51.9 Å². The van der Waals surface area contributed by atoms with Crippen LogP contribution in [0.2, 0.25) is 5.02 Å². The average Bonchev–Trinajstić information content (AvgIpc) is 3.03. The van der Waals surface area contributed by atoms with Gasteiger partial charge < -0.3 is 19.5 Å². The zero-order valence-corrected chi connectivity index (χ0v) is 20.0. The first-order valence-corrected chi connectivity index (χ1v) is 11.5. The van der Waals surface area contributed by atoms with Crippen LogP contribution in [0.15, 0.2) is 35.2 Å². The number of nitrogens with one attached hydrogen (secondary N) is 1. The third kappa shape index (κ3) is 6.38. The lowest BCUT2D eigenvalue weighted by Crippen LogP contribution is -2.17. The fourth-order valence-corrected chi connectivity index (χ4v) is 4.19.